The lowest BCUT2D eigenvalue weighted by Crippen LogP contribution is -2.35. The first-order valence-corrected chi connectivity index (χ1v) is 12.5. The zero-order valence-corrected chi connectivity index (χ0v) is 22.1. The monoisotopic (exact) mass is 556 g/mol. The minimum atomic E-state index is -0.448. The van der Waals surface area contributed by atoms with Gasteiger partial charge in [-0.3, -0.25) is 9.59 Å². The Morgan fingerprint density at radius 3 is 2.51 bits per heavy atom. The summed E-state index contributed by atoms with van der Waals surface area (Å²) >= 11 is 18.5. The third-order valence-electron chi connectivity index (χ3n) is 5.43. The molecule has 0 fully saturated rings. The summed E-state index contributed by atoms with van der Waals surface area (Å²) in [6, 6.07) is 13.5. The predicted molar refractivity (Wildman–Crippen MR) is 146 cm³/mol. The second kappa shape index (κ2) is 12.1. The van der Waals surface area contributed by atoms with E-state index in [1.165, 1.54) is 12.1 Å². The van der Waals surface area contributed by atoms with E-state index in [2.05, 4.69) is 15.6 Å². The number of hydrogen-bond donors (Lipinski definition) is 2. The van der Waals surface area contributed by atoms with Gasteiger partial charge in [-0.2, -0.15) is 0 Å². The molecule has 2 amide bonds. The van der Waals surface area contributed by atoms with Crippen molar-refractivity contribution in [1.82, 2.24) is 20.2 Å². The normalized spacial score (nSPS) is 11.4. The molecule has 0 bridgehead atoms. The van der Waals surface area contributed by atoms with Crippen LogP contribution in [0.15, 0.2) is 77.4 Å². The van der Waals surface area contributed by atoms with Crippen molar-refractivity contribution >= 4 is 52.7 Å². The Balaban J connectivity index is 1.54. The summed E-state index contributed by atoms with van der Waals surface area (Å²) in [6.07, 6.45) is 7.41. The number of nitrogens with one attached hydrogen (secondary N) is 2. The highest BCUT2D eigenvalue weighted by atomic mass is 35.5. The van der Waals surface area contributed by atoms with E-state index < -0.39 is 11.8 Å². The van der Waals surface area contributed by atoms with Crippen molar-refractivity contribution in [2.75, 3.05) is 6.54 Å². The number of amides is 2. The van der Waals surface area contributed by atoms with E-state index in [1.807, 2.05) is 29.8 Å². The number of rotatable bonds is 9. The van der Waals surface area contributed by atoms with Gasteiger partial charge in [-0.05, 0) is 49.7 Å². The van der Waals surface area contributed by atoms with Crippen LogP contribution in [-0.4, -0.2) is 27.9 Å². The van der Waals surface area contributed by atoms with Crippen molar-refractivity contribution in [3.63, 3.8) is 0 Å². The average Bonchev–Trinajstić information content (AvgIpc) is 3.56. The highest BCUT2D eigenvalue weighted by Gasteiger charge is 2.17. The van der Waals surface area contributed by atoms with Crippen LogP contribution in [0.4, 0.5) is 0 Å². The van der Waals surface area contributed by atoms with Crippen LogP contribution >= 0.6 is 34.8 Å². The van der Waals surface area contributed by atoms with Crippen LogP contribution in [0.5, 0.6) is 0 Å². The molecule has 10 heteroatoms. The number of hydrogen-bond acceptors (Lipinski definition) is 4. The molecule has 4 rings (SSSR count). The van der Waals surface area contributed by atoms with Gasteiger partial charge < -0.3 is 19.6 Å². The zero-order valence-electron chi connectivity index (χ0n) is 19.8. The molecule has 0 aliphatic rings. The number of benzene rings is 2. The van der Waals surface area contributed by atoms with Gasteiger partial charge in [0.2, 0.25) is 0 Å². The second-order valence-corrected chi connectivity index (χ2v) is 9.46. The summed E-state index contributed by atoms with van der Waals surface area (Å²) in [6.45, 7) is 3.02. The van der Waals surface area contributed by atoms with Crippen molar-refractivity contribution in [3.8, 4) is 11.3 Å². The second-order valence-electron chi connectivity index (χ2n) is 8.24. The summed E-state index contributed by atoms with van der Waals surface area (Å²) in [4.78, 5) is 29.9. The Morgan fingerprint density at radius 2 is 1.78 bits per heavy atom. The Bertz CT molecular complexity index is 1430. The van der Waals surface area contributed by atoms with Crippen LogP contribution in [0.25, 0.3) is 17.4 Å². The number of imidazole rings is 1. The van der Waals surface area contributed by atoms with Gasteiger partial charge in [0.15, 0.2) is 0 Å². The smallest absolute Gasteiger partial charge is 0.267 e. The number of carbonyl (C=O) groups excluding carboxylic acids is 2. The molecule has 2 N–H and O–H groups in total. The van der Waals surface area contributed by atoms with Crippen LogP contribution in [0.2, 0.25) is 15.1 Å². The number of nitrogens with zero attached hydrogens (tertiary/aromatic N) is 2. The Labute approximate surface area is 229 Å². The first-order chi connectivity index (χ1) is 17.8. The molecule has 4 aromatic rings. The van der Waals surface area contributed by atoms with E-state index in [0.29, 0.717) is 57.2 Å². The molecule has 0 radical (unpaired) electrons. The molecule has 0 atom stereocenters. The molecule has 0 saturated heterocycles. The number of aromatic nitrogens is 2. The largest absolute Gasteiger partial charge is 0.457 e. The molecule has 7 nitrogen and oxygen atoms in total. The van der Waals surface area contributed by atoms with Gasteiger partial charge in [0, 0.05) is 42.7 Å². The van der Waals surface area contributed by atoms with Crippen molar-refractivity contribution in [2.45, 2.75) is 19.9 Å². The van der Waals surface area contributed by atoms with Crippen molar-refractivity contribution in [1.29, 1.82) is 0 Å². The molecule has 37 heavy (non-hydrogen) atoms. The van der Waals surface area contributed by atoms with Crippen LogP contribution < -0.4 is 10.6 Å². The minimum Gasteiger partial charge on any atom is -0.457 e. The highest BCUT2D eigenvalue weighted by molar-refractivity contribution is 6.44. The van der Waals surface area contributed by atoms with Gasteiger partial charge in [0.05, 0.1) is 21.4 Å². The maximum atomic E-state index is 13.0. The number of aryl methyl sites for hydroxylation is 2. The van der Waals surface area contributed by atoms with Gasteiger partial charge >= 0.3 is 0 Å². The van der Waals surface area contributed by atoms with Gasteiger partial charge in [-0.15, -0.1) is 0 Å². The van der Waals surface area contributed by atoms with Gasteiger partial charge in [0.1, 0.15) is 17.2 Å². The highest BCUT2D eigenvalue weighted by Crippen LogP contribution is 2.36. The third-order valence-corrected chi connectivity index (χ3v) is 6.47. The third kappa shape index (κ3) is 7.04. The molecule has 0 aliphatic carbocycles. The summed E-state index contributed by atoms with van der Waals surface area (Å²) in [5.74, 6) is -0.0968. The van der Waals surface area contributed by atoms with Crippen molar-refractivity contribution < 1.29 is 14.0 Å². The van der Waals surface area contributed by atoms with Crippen molar-refractivity contribution in [2.24, 2.45) is 0 Å². The molecule has 2 aromatic heterocycles. The fourth-order valence-electron chi connectivity index (χ4n) is 3.46. The predicted octanol–water partition coefficient (Wildman–Crippen LogP) is 6.39. The molecule has 190 valence electrons. The van der Waals surface area contributed by atoms with Crippen LogP contribution in [0, 0.1) is 6.92 Å². The molecule has 2 aromatic carbocycles. The van der Waals surface area contributed by atoms with E-state index in [0.717, 1.165) is 5.56 Å². The first kappa shape index (κ1) is 26.5. The maximum Gasteiger partial charge on any atom is 0.267 e. The van der Waals surface area contributed by atoms with E-state index in [4.69, 9.17) is 39.2 Å². The van der Waals surface area contributed by atoms with E-state index in [-0.39, 0.29) is 5.70 Å². The Kier molecular flexibility index (Phi) is 8.71. The molecule has 2 heterocycles. The van der Waals surface area contributed by atoms with Gasteiger partial charge in [0.25, 0.3) is 11.8 Å². The standard InChI is InChI=1S/C27H23Cl3N4O3/c1-17-3-5-18(6-4-17)26(35)33-24(27(36)32-9-2-11-34-12-10-31-16-34)13-19-7-8-25(37-19)20-14-22(29)23(30)15-21(20)28/h3-8,10,12-16H,2,9,11H2,1H3,(H,32,36)(H,33,35). The lowest BCUT2D eigenvalue weighted by molar-refractivity contribution is -0.117. The summed E-state index contributed by atoms with van der Waals surface area (Å²) in [5, 5.41) is 6.56. The number of carbonyl (C=O) groups is 2. The topological polar surface area (TPSA) is 89.2 Å². The molecule has 0 aliphatic heterocycles. The van der Waals surface area contributed by atoms with Crippen LogP contribution in [0.3, 0.4) is 0 Å². The lowest BCUT2D eigenvalue weighted by atomic mass is 10.1. The molecular weight excluding hydrogens is 535 g/mol. The fraction of sp³-hybridized carbons (Fsp3) is 0.148. The summed E-state index contributed by atoms with van der Waals surface area (Å²) in [7, 11) is 0. The van der Waals surface area contributed by atoms with Gasteiger partial charge in [-0.1, -0.05) is 52.5 Å². The Hall–Kier alpha value is -3.52. The SMILES string of the molecule is Cc1ccc(C(=O)NC(=Cc2ccc(-c3cc(Cl)c(Cl)cc3Cl)o2)C(=O)NCCCn2ccnc2)cc1. The van der Waals surface area contributed by atoms with E-state index >= 15 is 0 Å². The number of halogens is 3. The average molecular weight is 558 g/mol. The molecule has 0 saturated carbocycles. The lowest BCUT2D eigenvalue weighted by Gasteiger charge is -2.11. The zero-order chi connectivity index (χ0) is 26.4. The summed E-state index contributed by atoms with van der Waals surface area (Å²) in [5.41, 5.74) is 2.03. The molecule has 0 unspecified atom stereocenters. The number of furan rings is 1. The molecular formula is C27H23Cl3N4O3. The minimum absolute atomic E-state index is 0.0364. The van der Waals surface area contributed by atoms with Crippen molar-refractivity contribution in [3.05, 3.63) is 105 Å². The Morgan fingerprint density at radius 1 is 1.03 bits per heavy atom. The quantitative estimate of drug-likeness (QED) is 0.142. The van der Waals surface area contributed by atoms with Gasteiger partial charge in [-0.25, -0.2) is 4.98 Å². The fourth-order valence-corrected chi connectivity index (χ4v) is 4.10. The van der Waals surface area contributed by atoms with E-state index in [1.54, 1.807) is 42.9 Å². The first-order valence-electron chi connectivity index (χ1n) is 11.4. The summed E-state index contributed by atoms with van der Waals surface area (Å²) < 4.78 is 7.82. The van der Waals surface area contributed by atoms with Crippen LogP contribution in [-0.2, 0) is 11.3 Å². The van der Waals surface area contributed by atoms with Crippen LogP contribution in [0.1, 0.15) is 28.1 Å². The van der Waals surface area contributed by atoms with E-state index in [9.17, 15) is 9.59 Å². The maximum absolute atomic E-state index is 13.0. The molecule has 0 spiro atoms.